The van der Waals surface area contributed by atoms with Crippen molar-refractivity contribution in [2.24, 2.45) is 5.41 Å². The number of carboxylic acids is 1. The van der Waals surface area contributed by atoms with Crippen LogP contribution in [0.4, 0.5) is 0 Å². The number of hydrogen-bond acceptors (Lipinski definition) is 3. The number of hydrogen-bond donors (Lipinski definition) is 2. The van der Waals surface area contributed by atoms with E-state index in [4.69, 9.17) is 5.11 Å². The Labute approximate surface area is 107 Å². The molecule has 0 aliphatic rings. The van der Waals surface area contributed by atoms with E-state index >= 15 is 0 Å². The SMILES string of the molecule is CC(NCc1ccc(CC(=O)O)s1)C(C)(C)C. The van der Waals surface area contributed by atoms with Crippen molar-refractivity contribution in [1.82, 2.24) is 5.32 Å². The van der Waals surface area contributed by atoms with Crippen LogP contribution < -0.4 is 5.32 Å². The quantitative estimate of drug-likeness (QED) is 0.850. The molecule has 0 aromatic carbocycles. The number of aliphatic carboxylic acids is 1. The van der Waals surface area contributed by atoms with E-state index < -0.39 is 5.97 Å². The van der Waals surface area contributed by atoms with Crippen molar-refractivity contribution in [3.8, 4) is 0 Å². The maximum absolute atomic E-state index is 10.6. The molecule has 4 heteroatoms. The van der Waals surface area contributed by atoms with Gasteiger partial charge in [0.25, 0.3) is 0 Å². The first kappa shape index (κ1) is 14.2. The summed E-state index contributed by atoms with van der Waals surface area (Å²) in [6.45, 7) is 9.59. The molecule has 0 saturated carbocycles. The molecule has 0 saturated heterocycles. The predicted octanol–water partition coefficient (Wildman–Crippen LogP) is 2.90. The van der Waals surface area contributed by atoms with E-state index in [0.29, 0.717) is 6.04 Å². The van der Waals surface area contributed by atoms with E-state index in [2.05, 4.69) is 33.0 Å². The molecule has 0 amide bonds. The van der Waals surface area contributed by atoms with Crippen molar-refractivity contribution in [3.05, 3.63) is 21.9 Å². The Hall–Kier alpha value is -0.870. The molecule has 1 aromatic rings. The molecule has 0 spiro atoms. The summed E-state index contributed by atoms with van der Waals surface area (Å²) in [7, 11) is 0. The highest BCUT2D eigenvalue weighted by molar-refractivity contribution is 7.12. The van der Waals surface area contributed by atoms with Gasteiger partial charge in [-0.05, 0) is 24.5 Å². The topological polar surface area (TPSA) is 49.3 Å². The van der Waals surface area contributed by atoms with Crippen LogP contribution in [0.1, 0.15) is 37.4 Å². The zero-order chi connectivity index (χ0) is 13.1. The first-order chi connectivity index (χ1) is 7.79. The van der Waals surface area contributed by atoms with Gasteiger partial charge < -0.3 is 10.4 Å². The van der Waals surface area contributed by atoms with Crippen molar-refractivity contribution in [3.63, 3.8) is 0 Å². The van der Waals surface area contributed by atoms with Crippen LogP contribution in [0.3, 0.4) is 0 Å². The van der Waals surface area contributed by atoms with Gasteiger partial charge in [-0.1, -0.05) is 20.8 Å². The summed E-state index contributed by atoms with van der Waals surface area (Å²) in [6.07, 6.45) is 0.124. The summed E-state index contributed by atoms with van der Waals surface area (Å²) >= 11 is 1.57. The van der Waals surface area contributed by atoms with Gasteiger partial charge in [0, 0.05) is 22.3 Å². The first-order valence-electron chi connectivity index (χ1n) is 5.82. The highest BCUT2D eigenvalue weighted by Gasteiger charge is 2.19. The molecule has 3 nitrogen and oxygen atoms in total. The number of carbonyl (C=O) groups is 1. The van der Waals surface area contributed by atoms with Crippen molar-refractivity contribution >= 4 is 17.3 Å². The second kappa shape index (κ2) is 5.65. The summed E-state index contributed by atoms with van der Waals surface area (Å²) in [5, 5.41) is 12.2. The molecule has 0 aliphatic carbocycles. The number of thiophene rings is 1. The van der Waals surface area contributed by atoms with Crippen LogP contribution in [0, 0.1) is 5.41 Å². The van der Waals surface area contributed by atoms with Gasteiger partial charge in [-0.25, -0.2) is 0 Å². The highest BCUT2D eigenvalue weighted by atomic mass is 32.1. The summed E-state index contributed by atoms with van der Waals surface area (Å²) in [6, 6.07) is 4.33. The minimum Gasteiger partial charge on any atom is -0.481 e. The maximum atomic E-state index is 10.6. The van der Waals surface area contributed by atoms with Gasteiger partial charge in [0.05, 0.1) is 6.42 Å². The van der Waals surface area contributed by atoms with Gasteiger partial charge >= 0.3 is 5.97 Å². The monoisotopic (exact) mass is 255 g/mol. The van der Waals surface area contributed by atoms with Gasteiger partial charge in [0.1, 0.15) is 0 Å². The molecule has 0 radical (unpaired) electrons. The van der Waals surface area contributed by atoms with Crippen LogP contribution in [0.15, 0.2) is 12.1 Å². The molecule has 17 heavy (non-hydrogen) atoms. The lowest BCUT2D eigenvalue weighted by Crippen LogP contribution is -2.36. The van der Waals surface area contributed by atoms with Crippen LogP contribution in [0.5, 0.6) is 0 Å². The summed E-state index contributed by atoms with van der Waals surface area (Å²) in [4.78, 5) is 12.7. The summed E-state index contributed by atoms with van der Waals surface area (Å²) in [5.41, 5.74) is 0.237. The molecule has 0 fully saturated rings. The third-order valence-electron chi connectivity index (χ3n) is 2.92. The Bertz CT molecular complexity index is 379. The minimum absolute atomic E-state index is 0.124. The molecule has 1 unspecified atom stereocenters. The lowest BCUT2D eigenvalue weighted by molar-refractivity contribution is -0.136. The molecule has 0 bridgehead atoms. The predicted molar refractivity (Wildman–Crippen MR) is 71.4 cm³/mol. The lowest BCUT2D eigenvalue weighted by Gasteiger charge is -2.28. The molecule has 1 rings (SSSR count). The average molecular weight is 255 g/mol. The Balaban J connectivity index is 2.47. The van der Waals surface area contributed by atoms with Crippen molar-refractivity contribution in [2.75, 3.05) is 0 Å². The molecular weight excluding hydrogens is 234 g/mol. The largest absolute Gasteiger partial charge is 0.481 e. The zero-order valence-electron chi connectivity index (χ0n) is 10.9. The van der Waals surface area contributed by atoms with Gasteiger partial charge in [-0.15, -0.1) is 11.3 Å². The lowest BCUT2D eigenvalue weighted by atomic mass is 9.88. The number of carboxylic acid groups (broad SMARTS) is 1. The Morgan fingerprint density at radius 1 is 1.41 bits per heavy atom. The first-order valence-corrected chi connectivity index (χ1v) is 6.63. The normalized spacial score (nSPS) is 13.6. The van der Waals surface area contributed by atoms with Gasteiger partial charge in [-0.3, -0.25) is 4.79 Å². The highest BCUT2D eigenvalue weighted by Crippen LogP contribution is 2.21. The van der Waals surface area contributed by atoms with Crippen molar-refractivity contribution in [2.45, 2.75) is 46.7 Å². The average Bonchev–Trinajstić information content (AvgIpc) is 2.59. The number of nitrogens with one attached hydrogen (secondary N) is 1. The third-order valence-corrected chi connectivity index (χ3v) is 4.01. The Morgan fingerprint density at radius 2 is 2.00 bits per heavy atom. The maximum Gasteiger partial charge on any atom is 0.308 e. The second-order valence-electron chi connectivity index (χ2n) is 5.41. The van der Waals surface area contributed by atoms with E-state index in [1.165, 1.54) is 4.88 Å². The number of rotatable bonds is 5. The summed E-state index contributed by atoms with van der Waals surface area (Å²) < 4.78 is 0. The molecular formula is C13H21NO2S. The van der Waals surface area contributed by atoms with Crippen LogP contribution in [-0.4, -0.2) is 17.1 Å². The molecule has 1 atom stereocenters. The van der Waals surface area contributed by atoms with Crippen LogP contribution >= 0.6 is 11.3 Å². The van der Waals surface area contributed by atoms with Gasteiger partial charge in [0.15, 0.2) is 0 Å². The molecule has 2 N–H and O–H groups in total. The second-order valence-corrected chi connectivity index (χ2v) is 6.66. The Morgan fingerprint density at radius 3 is 2.53 bits per heavy atom. The third kappa shape index (κ3) is 4.88. The Kier molecular flexibility index (Phi) is 4.71. The molecule has 1 heterocycles. The fraction of sp³-hybridized carbons (Fsp3) is 0.615. The van der Waals surface area contributed by atoms with Gasteiger partial charge in [0.2, 0.25) is 0 Å². The van der Waals surface area contributed by atoms with E-state index in [0.717, 1.165) is 11.4 Å². The summed E-state index contributed by atoms with van der Waals surface area (Å²) in [5.74, 6) is -0.769. The standard InChI is InChI=1S/C13H21NO2S/c1-9(13(2,3)4)14-8-11-6-5-10(17-11)7-12(15)16/h5-6,9,14H,7-8H2,1-4H3,(H,15,16). The van der Waals surface area contributed by atoms with E-state index in [9.17, 15) is 4.79 Å². The minimum atomic E-state index is -0.769. The van der Waals surface area contributed by atoms with Crippen LogP contribution in [-0.2, 0) is 17.8 Å². The smallest absolute Gasteiger partial charge is 0.308 e. The van der Waals surface area contributed by atoms with Crippen LogP contribution in [0.25, 0.3) is 0 Å². The van der Waals surface area contributed by atoms with E-state index in [1.807, 2.05) is 12.1 Å². The molecule has 1 aromatic heterocycles. The van der Waals surface area contributed by atoms with E-state index in [1.54, 1.807) is 11.3 Å². The fourth-order valence-electron chi connectivity index (χ4n) is 1.32. The molecule has 0 aliphatic heterocycles. The fourth-order valence-corrected chi connectivity index (χ4v) is 2.28. The zero-order valence-corrected chi connectivity index (χ0v) is 11.7. The van der Waals surface area contributed by atoms with Crippen molar-refractivity contribution in [1.29, 1.82) is 0 Å². The van der Waals surface area contributed by atoms with E-state index in [-0.39, 0.29) is 11.8 Å². The molecule has 96 valence electrons. The van der Waals surface area contributed by atoms with Gasteiger partial charge in [-0.2, -0.15) is 0 Å². The van der Waals surface area contributed by atoms with Crippen LogP contribution in [0.2, 0.25) is 0 Å². The van der Waals surface area contributed by atoms with Crippen molar-refractivity contribution < 1.29 is 9.90 Å².